The number of carbonyl (C=O) groups is 1. The lowest BCUT2D eigenvalue weighted by atomic mass is 9.99. The third kappa shape index (κ3) is 2.39. The van der Waals surface area contributed by atoms with E-state index in [4.69, 9.17) is 5.11 Å². The van der Waals surface area contributed by atoms with Crippen LogP contribution in [0.2, 0.25) is 0 Å². The molecule has 16 heavy (non-hydrogen) atoms. The predicted molar refractivity (Wildman–Crippen MR) is 58.1 cm³/mol. The summed E-state index contributed by atoms with van der Waals surface area (Å²) in [5.41, 5.74) is 0.780. The lowest BCUT2D eigenvalue weighted by Gasteiger charge is -2.12. The summed E-state index contributed by atoms with van der Waals surface area (Å²) in [6.45, 7) is 0.980. The first-order chi connectivity index (χ1) is 7.66. The topological polar surface area (TPSA) is 49.3 Å². The number of rotatable bonds is 3. The van der Waals surface area contributed by atoms with E-state index >= 15 is 0 Å². The van der Waals surface area contributed by atoms with Crippen molar-refractivity contribution in [3.05, 3.63) is 35.1 Å². The third-order valence-electron chi connectivity index (χ3n) is 2.93. The van der Waals surface area contributed by atoms with Crippen molar-refractivity contribution in [2.24, 2.45) is 0 Å². The Hall–Kier alpha value is -1.42. The van der Waals surface area contributed by atoms with E-state index in [1.54, 1.807) is 6.07 Å². The van der Waals surface area contributed by atoms with Crippen molar-refractivity contribution in [3.8, 4) is 0 Å². The standard InChI is InChI=1S/C12H14FNO2/c13-9-4-3-8(11(7-9)12(15)16)6-10-2-1-5-14-10/h3-4,7,10,14H,1-2,5-6H2,(H,15,16). The first-order valence-electron chi connectivity index (χ1n) is 5.42. The summed E-state index contributed by atoms with van der Waals surface area (Å²) in [4.78, 5) is 11.0. The van der Waals surface area contributed by atoms with Gasteiger partial charge in [-0.1, -0.05) is 6.07 Å². The van der Waals surface area contributed by atoms with Gasteiger partial charge in [-0.2, -0.15) is 0 Å². The molecule has 86 valence electrons. The van der Waals surface area contributed by atoms with Gasteiger partial charge in [-0.3, -0.25) is 0 Å². The smallest absolute Gasteiger partial charge is 0.336 e. The van der Waals surface area contributed by atoms with Crippen molar-refractivity contribution in [2.75, 3.05) is 6.54 Å². The van der Waals surface area contributed by atoms with Crippen LogP contribution >= 0.6 is 0 Å². The molecule has 1 saturated heterocycles. The fraction of sp³-hybridized carbons (Fsp3) is 0.417. The van der Waals surface area contributed by atoms with Crippen LogP contribution in [0, 0.1) is 5.82 Å². The summed E-state index contributed by atoms with van der Waals surface area (Å²) in [7, 11) is 0. The van der Waals surface area contributed by atoms with Crippen LogP contribution in [0.3, 0.4) is 0 Å². The number of hydrogen-bond acceptors (Lipinski definition) is 2. The van der Waals surface area contributed by atoms with Crippen LogP contribution in [-0.2, 0) is 6.42 Å². The van der Waals surface area contributed by atoms with Crippen LogP contribution in [0.4, 0.5) is 4.39 Å². The molecule has 2 rings (SSSR count). The second kappa shape index (κ2) is 4.61. The molecule has 1 atom stereocenters. The molecule has 1 aromatic carbocycles. The fourth-order valence-electron chi connectivity index (χ4n) is 2.12. The molecule has 0 radical (unpaired) electrons. The molecule has 4 heteroatoms. The highest BCUT2D eigenvalue weighted by molar-refractivity contribution is 5.89. The van der Waals surface area contributed by atoms with E-state index in [1.807, 2.05) is 0 Å². The average Bonchev–Trinajstić information content (AvgIpc) is 2.73. The Kier molecular flexibility index (Phi) is 3.19. The predicted octanol–water partition coefficient (Wildman–Crippen LogP) is 1.82. The second-order valence-corrected chi connectivity index (χ2v) is 4.10. The highest BCUT2D eigenvalue weighted by Gasteiger charge is 2.18. The van der Waals surface area contributed by atoms with E-state index < -0.39 is 11.8 Å². The van der Waals surface area contributed by atoms with Gasteiger partial charge in [0.2, 0.25) is 0 Å². The van der Waals surface area contributed by atoms with E-state index in [-0.39, 0.29) is 5.56 Å². The number of carboxylic acid groups (broad SMARTS) is 1. The van der Waals surface area contributed by atoms with E-state index in [0.717, 1.165) is 25.5 Å². The normalized spacial score (nSPS) is 19.9. The molecule has 1 heterocycles. The molecule has 3 nitrogen and oxygen atoms in total. The van der Waals surface area contributed by atoms with Crippen molar-refractivity contribution in [1.82, 2.24) is 5.32 Å². The molecule has 1 aliphatic rings. The molecular formula is C12H14FNO2. The van der Waals surface area contributed by atoms with Crippen molar-refractivity contribution < 1.29 is 14.3 Å². The van der Waals surface area contributed by atoms with Gasteiger partial charge < -0.3 is 10.4 Å². The minimum atomic E-state index is -1.06. The first-order valence-corrected chi connectivity index (χ1v) is 5.42. The summed E-state index contributed by atoms with van der Waals surface area (Å²) in [5.74, 6) is -1.56. The summed E-state index contributed by atoms with van der Waals surface area (Å²) in [6.07, 6.45) is 2.83. The summed E-state index contributed by atoms with van der Waals surface area (Å²) in [5, 5.41) is 12.3. The molecule has 1 aliphatic heterocycles. The van der Waals surface area contributed by atoms with Gasteiger partial charge in [0, 0.05) is 6.04 Å². The Morgan fingerprint density at radius 2 is 2.38 bits per heavy atom. The average molecular weight is 223 g/mol. The number of aromatic carboxylic acids is 1. The molecule has 0 spiro atoms. The van der Waals surface area contributed by atoms with Gasteiger partial charge in [0.05, 0.1) is 5.56 Å². The van der Waals surface area contributed by atoms with Crippen LogP contribution in [-0.4, -0.2) is 23.7 Å². The maximum atomic E-state index is 12.9. The minimum absolute atomic E-state index is 0.0775. The largest absolute Gasteiger partial charge is 0.478 e. The van der Waals surface area contributed by atoms with E-state index in [2.05, 4.69) is 5.32 Å². The Labute approximate surface area is 93.3 Å². The SMILES string of the molecule is O=C(O)c1cc(F)ccc1CC1CCCN1. The molecule has 1 aromatic rings. The third-order valence-corrected chi connectivity index (χ3v) is 2.93. The Bertz CT molecular complexity index is 400. The molecule has 0 bridgehead atoms. The molecule has 0 saturated carbocycles. The van der Waals surface area contributed by atoms with Crippen LogP contribution in [0.15, 0.2) is 18.2 Å². The lowest BCUT2D eigenvalue weighted by molar-refractivity contribution is 0.0695. The van der Waals surface area contributed by atoms with Gasteiger partial charge in [0.1, 0.15) is 5.82 Å². The van der Waals surface area contributed by atoms with Gasteiger partial charge in [-0.15, -0.1) is 0 Å². The molecule has 0 aromatic heterocycles. The van der Waals surface area contributed by atoms with Gasteiger partial charge >= 0.3 is 5.97 Å². The number of hydrogen-bond donors (Lipinski definition) is 2. The molecule has 1 fully saturated rings. The first kappa shape index (κ1) is 11.1. The van der Waals surface area contributed by atoms with Crippen molar-refractivity contribution >= 4 is 5.97 Å². The number of benzene rings is 1. The zero-order chi connectivity index (χ0) is 11.5. The van der Waals surface area contributed by atoms with Crippen molar-refractivity contribution in [2.45, 2.75) is 25.3 Å². The van der Waals surface area contributed by atoms with Crippen molar-refractivity contribution in [1.29, 1.82) is 0 Å². The zero-order valence-corrected chi connectivity index (χ0v) is 8.87. The minimum Gasteiger partial charge on any atom is -0.478 e. The van der Waals surface area contributed by atoms with Gasteiger partial charge in [-0.25, -0.2) is 9.18 Å². The van der Waals surface area contributed by atoms with E-state index in [0.29, 0.717) is 18.0 Å². The number of halogens is 1. The summed E-state index contributed by atoms with van der Waals surface area (Å²) >= 11 is 0. The molecule has 0 amide bonds. The monoisotopic (exact) mass is 223 g/mol. The van der Waals surface area contributed by atoms with Gasteiger partial charge in [-0.05, 0) is 43.5 Å². The van der Waals surface area contributed by atoms with Crippen LogP contribution in [0.5, 0.6) is 0 Å². The Balaban J connectivity index is 2.21. The fourth-order valence-corrected chi connectivity index (χ4v) is 2.12. The maximum absolute atomic E-state index is 12.9. The number of carboxylic acids is 1. The Morgan fingerprint density at radius 1 is 1.56 bits per heavy atom. The quantitative estimate of drug-likeness (QED) is 0.821. The summed E-state index contributed by atoms with van der Waals surface area (Å²) < 4.78 is 12.9. The van der Waals surface area contributed by atoms with Gasteiger partial charge in [0.15, 0.2) is 0 Å². The van der Waals surface area contributed by atoms with Crippen LogP contribution in [0.1, 0.15) is 28.8 Å². The highest BCUT2D eigenvalue weighted by Crippen LogP contribution is 2.17. The van der Waals surface area contributed by atoms with Gasteiger partial charge in [0.25, 0.3) is 0 Å². The zero-order valence-electron chi connectivity index (χ0n) is 8.87. The van der Waals surface area contributed by atoms with Crippen LogP contribution < -0.4 is 5.32 Å². The molecular weight excluding hydrogens is 209 g/mol. The maximum Gasteiger partial charge on any atom is 0.336 e. The number of nitrogens with one attached hydrogen (secondary N) is 1. The van der Waals surface area contributed by atoms with E-state index in [1.165, 1.54) is 6.07 Å². The second-order valence-electron chi connectivity index (χ2n) is 4.10. The van der Waals surface area contributed by atoms with Crippen LogP contribution in [0.25, 0.3) is 0 Å². The summed E-state index contributed by atoms with van der Waals surface area (Å²) in [6, 6.07) is 4.30. The highest BCUT2D eigenvalue weighted by atomic mass is 19.1. The molecule has 1 unspecified atom stereocenters. The van der Waals surface area contributed by atoms with E-state index in [9.17, 15) is 9.18 Å². The lowest BCUT2D eigenvalue weighted by Crippen LogP contribution is -2.24. The Morgan fingerprint density at radius 3 is 3.00 bits per heavy atom. The van der Waals surface area contributed by atoms with Crippen molar-refractivity contribution in [3.63, 3.8) is 0 Å². The molecule has 0 aliphatic carbocycles. The molecule has 2 N–H and O–H groups in total.